The number of carboxylic acids is 1. The Balaban J connectivity index is 1.83. The number of aromatic carboxylic acids is 1. The lowest BCUT2D eigenvalue weighted by atomic mass is 10.0. The molecule has 1 aliphatic rings. The van der Waals surface area contributed by atoms with Crippen molar-refractivity contribution in [1.29, 1.82) is 0 Å². The maximum atomic E-state index is 13.9. The molecule has 0 radical (unpaired) electrons. The highest BCUT2D eigenvalue weighted by Crippen LogP contribution is 2.33. The highest BCUT2D eigenvalue weighted by Gasteiger charge is 2.25. The number of halogens is 1. The second-order valence-corrected chi connectivity index (χ2v) is 5.14. The zero-order valence-electron chi connectivity index (χ0n) is 12.0. The number of fused-ring (bicyclic) bond motifs is 1. The molecule has 0 fully saturated rings. The van der Waals surface area contributed by atoms with E-state index in [2.05, 4.69) is 5.32 Å². The normalized spacial score (nSPS) is 16.8. The van der Waals surface area contributed by atoms with Crippen LogP contribution < -0.4 is 10.1 Å². The monoisotopic (exact) mass is 319 g/mol. The molecule has 1 aromatic heterocycles. The molecule has 0 bridgehead atoms. The van der Waals surface area contributed by atoms with Gasteiger partial charge in [-0.3, -0.25) is 4.79 Å². The van der Waals surface area contributed by atoms with Crippen LogP contribution in [0.25, 0.3) is 0 Å². The van der Waals surface area contributed by atoms with Gasteiger partial charge in [-0.2, -0.15) is 0 Å². The van der Waals surface area contributed by atoms with E-state index in [1.165, 1.54) is 18.2 Å². The number of rotatable bonds is 3. The molecule has 0 saturated heterocycles. The summed E-state index contributed by atoms with van der Waals surface area (Å²) < 4.78 is 24.2. The van der Waals surface area contributed by atoms with Crippen molar-refractivity contribution in [2.24, 2.45) is 0 Å². The van der Waals surface area contributed by atoms with Gasteiger partial charge in [-0.05, 0) is 31.0 Å². The smallest absolute Gasteiger partial charge is 0.371 e. The number of para-hydroxylation sites is 1. The van der Waals surface area contributed by atoms with Gasteiger partial charge in [0.2, 0.25) is 5.76 Å². The fourth-order valence-electron chi connectivity index (χ4n) is 2.52. The van der Waals surface area contributed by atoms with Crippen molar-refractivity contribution in [3.63, 3.8) is 0 Å². The van der Waals surface area contributed by atoms with Crippen molar-refractivity contribution in [3.8, 4) is 5.75 Å². The Labute approximate surface area is 130 Å². The second kappa shape index (κ2) is 6.12. The summed E-state index contributed by atoms with van der Waals surface area (Å²) in [5.74, 6) is -2.56. The molecule has 1 unspecified atom stereocenters. The molecule has 1 aromatic carbocycles. The third kappa shape index (κ3) is 3.03. The van der Waals surface area contributed by atoms with E-state index in [4.69, 9.17) is 14.3 Å². The molecular weight excluding hydrogens is 305 g/mol. The molecule has 1 amide bonds. The number of carboxylic acid groups (broad SMARTS) is 1. The van der Waals surface area contributed by atoms with Gasteiger partial charge in [-0.25, -0.2) is 9.18 Å². The number of furan rings is 1. The fourth-order valence-corrected chi connectivity index (χ4v) is 2.52. The molecule has 2 heterocycles. The lowest BCUT2D eigenvalue weighted by Crippen LogP contribution is -2.28. The largest absolute Gasteiger partial charge is 0.490 e. The van der Waals surface area contributed by atoms with E-state index in [0.717, 1.165) is 0 Å². The summed E-state index contributed by atoms with van der Waals surface area (Å²) in [5, 5.41) is 11.6. The zero-order chi connectivity index (χ0) is 16.4. The summed E-state index contributed by atoms with van der Waals surface area (Å²) in [6.45, 7) is 0.365. The number of ether oxygens (including phenoxy) is 1. The van der Waals surface area contributed by atoms with Gasteiger partial charge < -0.3 is 19.6 Å². The molecule has 120 valence electrons. The molecule has 0 saturated carbocycles. The van der Waals surface area contributed by atoms with E-state index < -0.39 is 23.7 Å². The van der Waals surface area contributed by atoms with Gasteiger partial charge in [0.25, 0.3) is 5.91 Å². The minimum Gasteiger partial charge on any atom is -0.490 e. The molecule has 2 N–H and O–H groups in total. The van der Waals surface area contributed by atoms with Gasteiger partial charge in [-0.15, -0.1) is 0 Å². The number of carbonyl (C=O) groups is 2. The minimum atomic E-state index is -1.25. The molecule has 1 atom stereocenters. The van der Waals surface area contributed by atoms with Crippen molar-refractivity contribution in [1.82, 2.24) is 5.32 Å². The first-order valence-corrected chi connectivity index (χ1v) is 7.11. The van der Waals surface area contributed by atoms with Crippen molar-refractivity contribution >= 4 is 11.9 Å². The second-order valence-electron chi connectivity index (χ2n) is 5.14. The standard InChI is InChI=1S/C16H14FNO5/c17-10-4-1-3-9-11(5-2-8-22-14(9)10)18-15(19)12-6-7-13(23-12)16(20)21/h1,3-4,6-7,11H,2,5,8H2,(H,18,19)(H,20,21). The molecule has 2 aromatic rings. The van der Waals surface area contributed by atoms with Gasteiger partial charge >= 0.3 is 5.97 Å². The van der Waals surface area contributed by atoms with Crippen molar-refractivity contribution in [2.45, 2.75) is 18.9 Å². The summed E-state index contributed by atoms with van der Waals surface area (Å²) in [5.41, 5.74) is 0.556. The van der Waals surface area contributed by atoms with E-state index in [0.29, 0.717) is 25.0 Å². The average molecular weight is 319 g/mol. The van der Waals surface area contributed by atoms with E-state index in [-0.39, 0.29) is 17.3 Å². The summed E-state index contributed by atoms with van der Waals surface area (Å²) in [4.78, 5) is 23.0. The topological polar surface area (TPSA) is 88.8 Å². The van der Waals surface area contributed by atoms with Crippen LogP contribution in [-0.2, 0) is 0 Å². The Hall–Kier alpha value is -2.83. The van der Waals surface area contributed by atoms with E-state index >= 15 is 0 Å². The highest BCUT2D eigenvalue weighted by atomic mass is 19.1. The third-order valence-electron chi connectivity index (χ3n) is 3.60. The van der Waals surface area contributed by atoms with Crippen LogP contribution in [-0.4, -0.2) is 23.6 Å². The number of hydrogen-bond acceptors (Lipinski definition) is 4. The average Bonchev–Trinajstić information content (AvgIpc) is 2.93. The van der Waals surface area contributed by atoms with Crippen molar-refractivity contribution < 1.29 is 28.2 Å². The summed E-state index contributed by atoms with van der Waals surface area (Å²) in [6, 6.07) is 6.61. The van der Waals surface area contributed by atoms with Crippen LogP contribution >= 0.6 is 0 Å². The Morgan fingerprint density at radius 2 is 2.00 bits per heavy atom. The van der Waals surface area contributed by atoms with Crippen LogP contribution in [0.15, 0.2) is 34.7 Å². The number of hydrogen-bond donors (Lipinski definition) is 2. The number of carbonyl (C=O) groups excluding carboxylic acids is 1. The van der Waals surface area contributed by atoms with Gasteiger partial charge in [0.05, 0.1) is 12.6 Å². The van der Waals surface area contributed by atoms with Gasteiger partial charge in [0.1, 0.15) is 0 Å². The summed E-state index contributed by atoms with van der Waals surface area (Å²) >= 11 is 0. The Bertz CT molecular complexity index is 755. The van der Waals surface area contributed by atoms with Crippen LogP contribution in [0.3, 0.4) is 0 Å². The summed E-state index contributed by atoms with van der Waals surface area (Å²) in [6.07, 6.45) is 1.23. The Morgan fingerprint density at radius 3 is 2.74 bits per heavy atom. The van der Waals surface area contributed by atoms with Crippen LogP contribution in [0.5, 0.6) is 5.75 Å². The van der Waals surface area contributed by atoms with Crippen LogP contribution in [0.2, 0.25) is 0 Å². The Morgan fingerprint density at radius 1 is 1.22 bits per heavy atom. The van der Waals surface area contributed by atoms with E-state index in [1.54, 1.807) is 12.1 Å². The number of benzene rings is 1. The molecule has 0 spiro atoms. The first-order valence-electron chi connectivity index (χ1n) is 7.11. The predicted octanol–water partition coefficient (Wildman–Crippen LogP) is 2.76. The number of nitrogens with one attached hydrogen (secondary N) is 1. The Kier molecular flexibility index (Phi) is 4.01. The first kappa shape index (κ1) is 15.1. The zero-order valence-corrected chi connectivity index (χ0v) is 12.0. The quantitative estimate of drug-likeness (QED) is 0.908. The summed E-state index contributed by atoms with van der Waals surface area (Å²) in [7, 11) is 0. The van der Waals surface area contributed by atoms with Gasteiger partial charge in [0, 0.05) is 5.56 Å². The number of amides is 1. The van der Waals surface area contributed by atoms with Gasteiger partial charge in [-0.1, -0.05) is 12.1 Å². The van der Waals surface area contributed by atoms with Crippen LogP contribution in [0.1, 0.15) is 45.6 Å². The molecular formula is C16H14FNO5. The van der Waals surface area contributed by atoms with Gasteiger partial charge in [0.15, 0.2) is 17.3 Å². The van der Waals surface area contributed by atoms with E-state index in [9.17, 15) is 14.0 Å². The molecule has 1 aliphatic heterocycles. The van der Waals surface area contributed by atoms with E-state index in [1.807, 2.05) is 0 Å². The minimum absolute atomic E-state index is 0.106. The lowest BCUT2D eigenvalue weighted by molar-refractivity contribution is 0.0659. The maximum absolute atomic E-state index is 13.9. The molecule has 23 heavy (non-hydrogen) atoms. The molecule has 0 aliphatic carbocycles. The molecule has 3 rings (SSSR count). The predicted molar refractivity (Wildman–Crippen MR) is 77.0 cm³/mol. The fraction of sp³-hybridized carbons (Fsp3) is 0.250. The molecule has 6 nitrogen and oxygen atoms in total. The van der Waals surface area contributed by atoms with Crippen molar-refractivity contribution in [2.75, 3.05) is 6.61 Å². The third-order valence-corrected chi connectivity index (χ3v) is 3.60. The SMILES string of the molecule is O=C(O)c1ccc(C(=O)NC2CCCOc3c(F)cccc32)o1. The molecule has 7 heteroatoms. The van der Waals surface area contributed by atoms with Crippen molar-refractivity contribution in [3.05, 3.63) is 53.2 Å². The first-order chi connectivity index (χ1) is 11.1. The lowest BCUT2D eigenvalue weighted by Gasteiger charge is -2.17. The highest BCUT2D eigenvalue weighted by molar-refractivity contribution is 5.93. The maximum Gasteiger partial charge on any atom is 0.371 e. The van der Waals surface area contributed by atoms with Crippen LogP contribution in [0.4, 0.5) is 4.39 Å². The van der Waals surface area contributed by atoms with Crippen LogP contribution in [0, 0.1) is 5.82 Å².